The van der Waals surface area contributed by atoms with Crippen LogP contribution < -0.4 is 18.9 Å². The quantitative estimate of drug-likeness (QED) is 0.0533. The van der Waals surface area contributed by atoms with E-state index < -0.39 is 49.7 Å². The maximum absolute atomic E-state index is 10.4. The molecule has 11 N–H and O–H groups in total. The van der Waals surface area contributed by atoms with Crippen LogP contribution in [0.1, 0.15) is 27.6 Å². The summed E-state index contributed by atoms with van der Waals surface area (Å²) in [4.78, 5) is 69.7. The molecule has 0 aromatic rings. The van der Waals surface area contributed by atoms with Gasteiger partial charge >= 0.3 is 58.4 Å². The van der Waals surface area contributed by atoms with Gasteiger partial charge < -0.3 is 1.43 Å². The van der Waals surface area contributed by atoms with Crippen LogP contribution in [-0.2, 0) is 32.9 Å². The molecule has 0 saturated heterocycles. The van der Waals surface area contributed by atoms with Gasteiger partial charge in [0.25, 0.3) is 10.1 Å². The summed E-state index contributed by atoms with van der Waals surface area (Å²) in [7, 11) is -29.4. The molecule has 0 fully saturated rings. The Bertz CT molecular complexity index is 676. The van der Waals surface area contributed by atoms with E-state index in [0.29, 0.717) is 6.42 Å². The van der Waals surface area contributed by atoms with Crippen LogP contribution in [-0.4, -0.2) is 67.7 Å². The topological polar surface area (TPSA) is 342 Å². The molecule has 0 aromatic carbocycles. The van der Waals surface area contributed by atoms with Gasteiger partial charge in [-0.15, -0.1) is 21.0 Å². The fourth-order valence-corrected chi connectivity index (χ4v) is 1.10. The third kappa shape index (κ3) is 792. The van der Waals surface area contributed by atoms with Crippen molar-refractivity contribution in [1.29, 1.82) is 0 Å². The monoisotopic (exact) mass is 660 g/mol. The second kappa shape index (κ2) is 24.0. The Morgan fingerprint density at radius 1 is 0.571 bits per heavy atom. The first kappa shape index (κ1) is 52.4. The van der Waals surface area contributed by atoms with Gasteiger partial charge in [-0.1, -0.05) is 19.8 Å². The van der Waals surface area contributed by atoms with Crippen molar-refractivity contribution in [3.05, 3.63) is 0 Å². The number of unbranched alkanes of at least 4 members (excludes halogenated alkanes) is 2. The van der Waals surface area contributed by atoms with Crippen LogP contribution >= 0.6 is 39.5 Å². The number of halogens is 5. The normalized spacial score (nSPS) is 11.5. The first-order chi connectivity index (χ1) is 14.1. The van der Waals surface area contributed by atoms with Gasteiger partial charge in [0.05, 0.1) is 5.75 Å². The Morgan fingerprint density at radius 3 is 0.800 bits per heavy atom. The Labute approximate surface area is 207 Å². The SMILES string of the molecule is CCCCCS(=O)(=O)O.O=P(O)(O)F.O=P(O)(O)F.O=P(O)(O)F.O=P(O)(O)F.O=P(O)(O)F.[H-].[Li+]. The third-order valence-electron chi connectivity index (χ3n) is 1.01. The first-order valence-electron chi connectivity index (χ1n) is 6.77. The van der Waals surface area contributed by atoms with Gasteiger partial charge in [-0.05, 0) is 6.42 Å². The van der Waals surface area contributed by atoms with E-state index in [1.807, 2.05) is 6.92 Å². The molecular formula is C5H23F5LiO18P5S. The third-order valence-corrected chi connectivity index (χ3v) is 1.81. The van der Waals surface area contributed by atoms with Crippen molar-refractivity contribution in [3.8, 4) is 0 Å². The van der Waals surface area contributed by atoms with E-state index in [9.17, 15) is 29.4 Å². The zero-order valence-electron chi connectivity index (χ0n) is 18.1. The van der Waals surface area contributed by atoms with Crippen LogP contribution in [0, 0.1) is 0 Å². The van der Waals surface area contributed by atoms with E-state index in [-0.39, 0.29) is 26.0 Å². The zero-order chi connectivity index (χ0) is 29.8. The Hall–Kier alpha value is 0.907. The average molecular weight is 660 g/mol. The first-order valence-corrected chi connectivity index (χ1v) is 15.9. The van der Waals surface area contributed by atoms with E-state index in [0.717, 1.165) is 12.8 Å². The molecule has 0 bridgehead atoms. The molecular weight excluding hydrogens is 637 g/mol. The summed E-state index contributed by atoms with van der Waals surface area (Å²) in [5.74, 6) is -0.0964. The standard InChI is InChI=1S/C5H12O3S.5FH2O3P.Li.H/c1-2-3-4-5-9(6,7)8;5*1-5(2,3)4;;/h2-5H2,1H3,(H,6,7,8);5*(H2,2,3,4);;/q;;;;;;+1;-1. The van der Waals surface area contributed by atoms with Gasteiger partial charge in [0.15, 0.2) is 0 Å². The average Bonchev–Trinajstić information content (AvgIpc) is 2.26. The molecule has 0 amide bonds. The maximum atomic E-state index is 10.4. The number of rotatable bonds is 4. The van der Waals surface area contributed by atoms with E-state index in [1.54, 1.807) is 0 Å². The van der Waals surface area contributed by atoms with E-state index in [1.165, 1.54) is 0 Å². The summed E-state index contributed by atoms with van der Waals surface area (Å²) in [6, 6.07) is 0. The summed E-state index contributed by atoms with van der Waals surface area (Å²) in [6.45, 7) is 1.98. The molecule has 18 nitrogen and oxygen atoms in total. The zero-order valence-corrected chi connectivity index (χ0v) is 22.4. The molecule has 0 aliphatic heterocycles. The van der Waals surface area contributed by atoms with Crippen LogP contribution in [0.25, 0.3) is 0 Å². The summed E-state index contributed by atoms with van der Waals surface area (Å²) in [5, 5.41) is 0. The minimum atomic E-state index is -5.14. The van der Waals surface area contributed by atoms with E-state index >= 15 is 0 Å². The van der Waals surface area contributed by atoms with Gasteiger partial charge in [0.2, 0.25) is 0 Å². The maximum Gasteiger partial charge on any atom is 1.00 e. The van der Waals surface area contributed by atoms with Crippen LogP contribution in [0.5, 0.6) is 0 Å². The molecule has 0 aliphatic rings. The Balaban J connectivity index is -0.0000000439. The van der Waals surface area contributed by atoms with Crippen LogP contribution in [0.15, 0.2) is 0 Å². The molecule has 30 heteroatoms. The predicted molar refractivity (Wildman–Crippen MR) is 103 cm³/mol. The smallest absolute Gasteiger partial charge is 1.00 e. The van der Waals surface area contributed by atoms with Crippen molar-refractivity contribution in [2.45, 2.75) is 26.2 Å². The molecule has 0 saturated carbocycles. The fourth-order valence-electron chi connectivity index (χ4n) is 0.534. The molecule has 0 rings (SSSR count). The van der Waals surface area contributed by atoms with Gasteiger partial charge in [-0.25, -0.2) is 22.8 Å². The molecule has 0 aliphatic carbocycles. The van der Waals surface area contributed by atoms with Crippen molar-refractivity contribution in [2.24, 2.45) is 0 Å². The Morgan fingerprint density at radius 2 is 0.714 bits per heavy atom. The second-order valence-electron chi connectivity index (χ2n) is 4.36. The minimum absolute atomic E-state index is 0. The summed E-state index contributed by atoms with van der Waals surface area (Å²) < 4.78 is 123. The van der Waals surface area contributed by atoms with Crippen molar-refractivity contribution in [1.82, 2.24) is 0 Å². The predicted octanol–water partition coefficient (Wildman–Crippen LogP) is -1.58. The van der Waals surface area contributed by atoms with Crippen molar-refractivity contribution >= 4 is 49.7 Å². The van der Waals surface area contributed by atoms with Crippen LogP contribution in [0.4, 0.5) is 21.0 Å². The molecule has 0 spiro atoms. The van der Waals surface area contributed by atoms with Gasteiger partial charge in [0, 0.05) is 0 Å². The van der Waals surface area contributed by atoms with Crippen molar-refractivity contribution in [3.63, 3.8) is 0 Å². The summed E-state index contributed by atoms with van der Waals surface area (Å²) in [5.41, 5.74) is 0. The molecule has 218 valence electrons. The Kier molecular flexibility index (Phi) is 35.9. The van der Waals surface area contributed by atoms with Crippen LogP contribution in [0.2, 0.25) is 0 Å². The van der Waals surface area contributed by atoms with Crippen molar-refractivity contribution in [2.75, 3.05) is 5.75 Å². The number of hydrogen-bond donors (Lipinski definition) is 11. The largest absolute Gasteiger partial charge is 1.00 e. The van der Waals surface area contributed by atoms with E-state index in [2.05, 4.69) is 0 Å². The molecule has 35 heavy (non-hydrogen) atoms. The molecule has 0 radical (unpaired) electrons. The van der Waals surface area contributed by atoms with E-state index in [4.69, 9.17) is 76.3 Å². The molecule has 0 unspecified atom stereocenters. The van der Waals surface area contributed by atoms with Gasteiger partial charge in [0.1, 0.15) is 0 Å². The van der Waals surface area contributed by atoms with Crippen molar-refractivity contribution < 1.29 is 126 Å². The summed E-state index contributed by atoms with van der Waals surface area (Å²) in [6.07, 6.45) is 2.39. The molecule has 0 aromatic heterocycles. The second-order valence-corrected chi connectivity index (χ2v) is 10.7. The fraction of sp³-hybridized carbons (Fsp3) is 1.00. The number of hydrogen-bond acceptors (Lipinski definition) is 7. The molecule has 0 atom stereocenters. The van der Waals surface area contributed by atoms with Crippen LogP contribution in [0.3, 0.4) is 0 Å². The van der Waals surface area contributed by atoms with Gasteiger partial charge in [-0.3, -0.25) is 53.5 Å². The summed E-state index contributed by atoms with van der Waals surface area (Å²) >= 11 is 0. The molecule has 0 heterocycles. The minimum Gasteiger partial charge on any atom is -1.00 e. The van der Waals surface area contributed by atoms with Gasteiger partial charge in [-0.2, -0.15) is 8.42 Å².